The summed E-state index contributed by atoms with van der Waals surface area (Å²) < 4.78 is 2.08. The average molecular weight is 265 g/mol. The summed E-state index contributed by atoms with van der Waals surface area (Å²) in [7, 11) is 0. The van der Waals surface area contributed by atoms with Gasteiger partial charge in [0.15, 0.2) is 0 Å². The Kier molecular flexibility index (Phi) is 3.21. The van der Waals surface area contributed by atoms with E-state index in [-0.39, 0.29) is 0 Å². The molecule has 0 atom stereocenters. The molecular weight excluding hydrogens is 252 g/mol. The zero-order valence-corrected chi connectivity index (χ0v) is 10.2. The highest BCUT2D eigenvalue weighted by Crippen LogP contribution is 2.16. The Morgan fingerprint density at radius 1 is 1.33 bits per heavy atom. The van der Waals surface area contributed by atoms with E-state index < -0.39 is 0 Å². The predicted molar refractivity (Wildman–Crippen MR) is 65.6 cm³/mol. The van der Waals surface area contributed by atoms with Crippen LogP contribution in [0.4, 0.5) is 0 Å². The van der Waals surface area contributed by atoms with Gasteiger partial charge in [-0.3, -0.25) is 0 Å². The third-order valence-electron chi connectivity index (χ3n) is 2.42. The van der Waals surface area contributed by atoms with E-state index in [9.17, 15) is 0 Å². The van der Waals surface area contributed by atoms with Crippen LogP contribution in [0.25, 0.3) is 5.69 Å². The highest BCUT2D eigenvalue weighted by molar-refractivity contribution is 9.08. The lowest BCUT2D eigenvalue weighted by Crippen LogP contribution is -1.95. The number of benzene rings is 1. The lowest BCUT2D eigenvalue weighted by atomic mass is 10.1. The zero-order chi connectivity index (χ0) is 10.7. The van der Waals surface area contributed by atoms with Crippen molar-refractivity contribution >= 4 is 15.9 Å². The maximum absolute atomic E-state index is 4.30. The van der Waals surface area contributed by atoms with E-state index in [0.717, 1.165) is 17.4 Å². The zero-order valence-electron chi connectivity index (χ0n) is 8.65. The van der Waals surface area contributed by atoms with Crippen molar-refractivity contribution in [3.8, 4) is 5.69 Å². The van der Waals surface area contributed by atoms with Crippen LogP contribution in [-0.2, 0) is 11.8 Å². The molecule has 2 aromatic rings. The van der Waals surface area contributed by atoms with E-state index >= 15 is 0 Å². The van der Waals surface area contributed by atoms with Gasteiger partial charge >= 0.3 is 0 Å². The maximum atomic E-state index is 4.30. The van der Waals surface area contributed by atoms with Crippen LogP contribution < -0.4 is 0 Å². The number of rotatable bonds is 3. The number of alkyl halides is 1. The van der Waals surface area contributed by atoms with E-state index in [1.165, 1.54) is 11.3 Å². The van der Waals surface area contributed by atoms with Crippen LogP contribution in [0.2, 0.25) is 0 Å². The number of halogens is 1. The Hall–Kier alpha value is -1.09. The van der Waals surface area contributed by atoms with Gasteiger partial charge in [0.1, 0.15) is 0 Å². The number of nitrogens with zero attached hydrogens (tertiary/aromatic N) is 2. The van der Waals surface area contributed by atoms with E-state index in [1.54, 1.807) is 0 Å². The molecule has 0 aliphatic rings. The summed E-state index contributed by atoms with van der Waals surface area (Å²) in [6.07, 6.45) is 4.96. The van der Waals surface area contributed by atoms with Crippen LogP contribution in [0.15, 0.2) is 36.8 Å². The van der Waals surface area contributed by atoms with Crippen LogP contribution in [0.5, 0.6) is 0 Å². The van der Waals surface area contributed by atoms with Gasteiger partial charge < -0.3 is 4.57 Å². The van der Waals surface area contributed by atoms with Gasteiger partial charge in [-0.1, -0.05) is 41.1 Å². The van der Waals surface area contributed by atoms with Crippen LogP contribution in [0, 0.1) is 0 Å². The molecule has 78 valence electrons. The monoisotopic (exact) mass is 264 g/mol. The number of imidazole rings is 1. The van der Waals surface area contributed by atoms with E-state index in [1.807, 2.05) is 6.33 Å². The van der Waals surface area contributed by atoms with Crippen molar-refractivity contribution in [2.24, 2.45) is 0 Å². The van der Waals surface area contributed by atoms with Gasteiger partial charge in [-0.25, -0.2) is 4.98 Å². The van der Waals surface area contributed by atoms with Crippen molar-refractivity contribution in [2.75, 3.05) is 0 Å². The van der Waals surface area contributed by atoms with E-state index in [0.29, 0.717) is 0 Å². The molecular formula is C12H13BrN2. The highest BCUT2D eigenvalue weighted by atomic mass is 79.9. The second-order valence-electron chi connectivity index (χ2n) is 3.39. The highest BCUT2D eigenvalue weighted by Gasteiger charge is 2.03. The van der Waals surface area contributed by atoms with Gasteiger partial charge in [0.2, 0.25) is 0 Å². The summed E-state index contributed by atoms with van der Waals surface area (Å²) in [5.74, 6) is 0. The van der Waals surface area contributed by atoms with Crippen molar-refractivity contribution in [3.05, 3.63) is 48.0 Å². The molecule has 0 saturated carbocycles. The molecule has 1 aromatic carbocycles. The number of aromatic nitrogens is 2. The minimum absolute atomic E-state index is 0.800. The summed E-state index contributed by atoms with van der Waals surface area (Å²) in [6, 6.07) is 8.41. The Morgan fingerprint density at radius 2 is 2.13 bits per heavy atom. The molecule has 0 N–H and O–H groups in total. The first-order valence-electron chi connectivity index (χ1n) is 5.02. The normalized spacial score (nSPS) is 10.5. The second-order valence-corrected chi connectivity index (χ2v) is 3.95. The van der Waals surface area contributed by atoms with Gasteiger partial charge in [-0.05, 0) is 18.1 Å². The Balaban J connectivity index is 2.44. The Bertz CT molecular complexity index is 448. The molecule has 15 heavy (non-hydrogen) atoms. The molecule has 0 fully saturated rings. The van der Waals surface area contributed by atoms with Crippen LogP contribution in [-0.4, -0.2) is 9.55 Å². The van der Waals surface area contributed by atoms with Gasteiger partial charge in [0, 0.05) is 17.2 Å². The molecule has 0 unspecified atom stereocenters. The number of para-hydroxylation sites is 1. The lowest BCUT2D eigenvalue weighted by molar-refractivity contribution is 1.00. The Labute approximate surface area is 98.1 Å². The molecule has 0 radical (unpaired) electrons. The molecule has 0 aliphatic heterocycles. The van der Waals surface area contributed by atoms with Crippen molar-refractivity contribution in [1.29, 1.82) is 0 Å². The van der Waals surface area contributed by atoms with Crippen LogP contribution in [0.1, 0.15) is 18.2 Å². The average Bonchev–Trinajstić information content (AvgIpc) is 2.77. The first-order valence-corrected chi connectivity index (χ1v) is 6.14. The summed E-state index contributed by atoms with van der Waals surface area (Å²) in [6.45, 7) is 2.17. The standard InChI is InChI=1S/C12H13BrN2/c1-2-10-5-3-4-6-12(10)15-8-11(7-13)14-9-15/h3-6,8-9H,2,7H2,1H3. The molecule has 3 heteroatoms. The number of hydrogen-bond donors (Lipinski definition) is 0. The molecule has 0 amide bonds. The molecule has 0 bridgehead atoms. The van der Waals surface area contributed by atoms with Crippen LogP contribution in [0.3, 0.4) is 0 Å². The first-order chi connectivity index (χ1) is 7.35. The Morgan fingerprint density at radius 3 is 2.80 bits per heavy atom. The molecule has 2 nitrogen and oxygen atoms in total. The molecule has 1 aromatic heterocycles. The third kappa shape index (κ3) is 2.12. The molecule has 0 spiro atoms. The SMILES string of the molecule is CCc1ccccc1-n1cnc(CBr)c1. The largest absolute Gasteiger partial charge is 0.306 e. The summed E-state index contributed by atoms with van der Waals surface area (Å²) >= 11 is 3.40. The van der Waals surface area contributed by atoms with Gasteiger partial charge in [0.25, 0.3) is 0 Å². The number of hydrogen-bond acceptors (Lipinski definition) is 1. The predicted octanol–water partition coefficient (Wildman–Crippen LogP) is 3.33. The summed E-state index contributed by atoms with van der Waals surface area (Å²) in [5, 5.41) is 0.800. The molecule has 1 heterocycles. The van der Waals surface area contributed by atoms with Crippen molar-refractivity contribution in [2.45, 2.75) is 18.7 Å². The van der Waals surface area contributed by atoms with Crippen molar-refractivity contribution in [1.82, 2.24) is 9.55 Å². The quantitative estimate of drug-likeness (QED) is 0.778. The minimum Gasteiger partial charge on any atom is -0.306 e. The van der Waals surface area contributed by atoms with E-state index in [4.69, 9.17) is 0 Å². The fraction of sp³-hybridized carbons (Fsp3) is 0.250. The fourth-order valence-corrected chi connectivity index (χ4v) is 1.92. The second kappa shape index (κ2) is 4.62. The van der Waals surface area contributed by atoms with Gasteiger partial charge in [-0.15, -0.1) is 0 Å². The van der Waals surface area contributed by atoms with E-state index in [2.05, 4.69) is 62.9 Å². The fourth-order valence-electron chi connectivity index (χ4n) is 1.63. The summed E-state index contributed by atoms with van der Waals surface area (Å²) in [4.78, 5) is 4.30. The van der Waals surface area contributed by atoms with Gasteiger partial charge in [0.05, 0.1) is 12.0 Å². The number of aryl methyl sites for hydroxylation is 1. The molecule has 0 saturated heterocycles. The first kappa shape index (κ1) is 10.4. The molecule has 0 aliphatic carbocycles. The third-order valence-corrected chi connectivity index (χ3v) is 3.00. The summed E-state index contributed by atoms with van der Waals surface area (Å²) in [5.41, 5.74) is 3.62. The molecule has 2 rings (SSSR count). The smallest absolute Gasteiger partial charge is 0.0995 e. The van der Waals surface area contributed by atoms with Crippen molar-refractivity contribution < 1.29 is 0 Å². The maximum Gasteiger partial charge on any atom is 0.0995 e. The minimum atomic E-state index is 0.800. The topological polar surface area (TPSA) is 17.8 Å². The van der Waals surface area contributed by atoms with Crippen molar-refractivity contribution in [3.63, 3.8) is 0 Å². The lowest BCUT2D eigenvalue weighted by Gasteiger charge is -2.07. The van der Waals surface area contributed by atoms with Gasteiger partial charge in [-0.2, -0.15) is 0 Å². The van der Waals surface area contributed by atoms with Crippen LogP contribution >= 0.6 is 15.9 Å².